The maximum absolute atomic E-state index is 11.5. The lowest BCUT2D eigenvalue weighted by Crippen LogP contribution is -2.46. The third-order valence-electron chi connectivity index (χ3n) is 2.62. The molecule has 0 spiro atoms. The van der Waals surface area contributed by atoms with E-state index < -0.39 is 11.7 Å². The van der Waals surface area contributed by atoms with Gasteiger partial charge in [0, 0.05) is 6.54 Å². The van der Waals surface area contributed by atoms with Crippen molar-refractivity contribution in [2.45, 2.75) is 45.3 Å². The highest BCUT2D eigenvalue weighted by Crippen LogP contribution is 2.09. The minimum absolute atomic E-state index is 0.0598. The van der Waals surface area contributed by atoms with Gasteiger partial charge in [0.15, 0.2) is 0 Å². The highest BCUT2D eigenvalue weighted by molar-refractivity contribution is 5.68. The van der Waals surface area contributed by atoms with Gasteiger partial charge in [0.05, 0.1) is 12.6 Å². The van der Waals surface area contributed by atoms with E-state index in [-0.39, 0.29) is 12.6 Å². The average Bonchev–Trinajstić information content (AvgIpc) is 2.66. The second-order valence-corrected chi connectivity index (χ2v) is 5.53. The molecule has 1 atom stereocenters. The van der Waals surface area contributed by atoms with E-state index in [1.165, 1.54) is 12.8 Å². The number of ether oxygens (including phenoxy) is 1. The highest BCUT2D eigenvalue weighted by atomic mass is 16.6. The number of rotatable bonds is 4. The van der Waals surface area contributed by atoms with Crippen molar-refractivity contribution in [1.82, 2.24) is 10.2 Å². The Hall–Kier alpha value is -0.810. The van der Waals surface area contributed by atoms with Gasteiger partial charge in [-0.2, -0.15) is 0 Å². The van der Waals surface area contributed by atoms with Crippen molar-refractivity contribution in [1.29, 1.82) is 0 Å². The third-order valence-corrected chi connectivity index (χ3v) is 2.62. The summed E-state index contributed by atoms with van der Waals surface area (Å²) in [7, 11) is 0. The zero-order chi connectivity index (χ0) is 12.9. The molecular weight excluding hydrogens is 220 g/mol. The van der Waals surface area contributed by atoms with Crippen molar-refractivity contribution >= 4 is 6.09 Å². The summed E-state index contributed by atoms with van der Waals surface area (Å²) in [6.45, 7) is 8.19. The molecule has 0 bridgehead atoms. The van der Waals surface area contributed by atoms with E-state index in [1.807, 2.05) is 20.8 Å². The van der Waals surface area contributed by atoms with Gasteiger partial charge in [-0.15, -0.1) is 0 Å². The van der Waals surface area contributed by atoms with Crippen LogP contribution < -0.4 is 5.32 Å². The van der Waals surface area contributed by atoms with E-state index in [0.717, 1.165) is 13.1 Å². The summed E-state index contributed by atoms with van der Waals surface area (Å²) in [4.78, 5) is 13.8. The molecule has 1 aliphatic heterocycles. The molecule has 2 N–H and O–H groups in total. The molecule has 1 fully saturated rings. The quantitative estimate of drug-likeness (QED) is 0.773. The molecule has 0 aliphatic carbocycles. The number of nitrogens with one attached hydrogen (secondary N) is 1. The van der Waals surface area contributed by atoms with Gasteiger partial charge >= 0.3 is 6.09 Å². The van der Waals surface area contributed by atoms with Crippen LogP contribution in [0.3, 0.4) is 0 Å². The average molecular weight is 244 g/mol. The second-order valence-electron chi connectivity index (χ2n) is 5.53. The highest BCUT2D eigenvalue weighted by Gasteiger charge is 2.21. The van der Waals surface area contributed by atoms with E-state index in [1.54, 1.807) is 0 Å². The number of likely N-dealkylation sites (tertiary alicyclic amines) is 1. The van der Waals surface area contributed by atoms with Crippen LogP contribution in [0.5, 0.6) is 0 Å². The molecule has 17 heavy (non-hydrogen) atoms. The summed E-state index contributed by atoms with van der Waals surface area (Å²) in [5.41, 5.74) is -0.502. The Morgan fingerprint density at radius 3 is 2.47 bits per heavy atom. The topological polar surface area (TPSA) is 61.8 Å². The smallest absolute Gasteiger partial charge is 0.407 e. The first-order valence-corrected chi connectivity index (χ1v) is 6.23. The molecule has 0 aromatic heterocycles. The monoisotopic (exact) mass is 244 g/mol. The molecule has 5 heteroatoms. The Labute approximate surface area is 103 Å². The normalized spacial score (nSPS) is 19.1. The van der Waals surface area contributed by atoms with Gasteiger partial charge in [-0.1, -0.05) is 0 Å². The third kappa shape index (κ3) is 5.89. The first-order chi connectivity index (χ1) is 7.90. The van der Waals surface area contributed by atoms with Crippen LogP contribution >= 0.6 is 0 Å². The van der Waals surface area contributed by atoms with Gasteiger partial charge in [-0.25, -0.2) is 4.79 Å². The Morgan fingerprint density at radius 1 is 1.41 bits per heavy atom. The number of aliphatic hydroxyl groups is 1. The summed E-state index contributed by atoms with van der Waals surface area (Å²) in [6, 6.07) is -0.247. The molecular formula is C12H24N2O3. The number of carbonyl (C=O) groups excluding carboxylic acids is 1. The molecule has 1 heterocycles. The summed E-state index contributed by atoms with van der Waals surface area (Å²) in [5.74, 6) is 0. The van der Waals surface area contributed by atoms with Gasteiger partial charge < -0.3 is 20.1 Å². The van der Waals surface area contributed by atoms with Gasteiger partial charge in [0.2, 0.25) is 0 Å². The number of nitrogens with zero attached hydrogens (tertiary/aromatic N) is 1. The Kier molecular flexibility index (Phi) is 5.21. The first kappa shape index (κ1) is 14.3. The predicted molar refractivity (Wildman–Crippen MR) is 65.9 cm³/mol. The van der Waals surface area contributed by atoms with Gasteiger partial charge in [0.1, 0.15) is 5.60 Å². The predicted octanol–water partition coefficient (Wildman–Crippen LogP) is 0.968. The molecule has 1 amide bonds. The van der Waals surface area contributed by atoms with E-state index in [9.17, 15) is 9.90 Å². The van der Waals surface area contributed by atoms with Crippen LogP contribution in [-0.4, -0.2) is 54.0 Å². The van der Waals surface area contributed by atoms with Gasteiger partial charge in [-0.3, -0.25) is 0 Å². The van der Waals surface area contributed by atoms with Crippen molar-refractivity contribution in [3.8, 4) is 0 Å². The number of amides is 1. The fraction of sp³-hybridized carbons (Fsp3) is 0.917. The minimum atomic E-state index is -0.502. The number of hydrogen-bond donors (Lipinski definition) is 2. The van der Waals surface area contributed by atoms with Crippen LogP contribution in [0.4, 0.5) is 4.79 Å². The fourth-order valence-electron chi connectivity index (χ4n) is 1.90. The molecule has 0 saturated carbocycles. The fourth-order valence-corrected chi connectivity index (χ4v) is 1.90. The molecule has 0 radical (unpaired) electrons. The lowest BCUT2D eigenvalue weighted by molar-refractivity contribution is 0.0468. The number of carbonyl (C=O) groups is 1. The zero-order valence-corrected chi connectivity index (χ0v) is 11.0. The molecule has 1 rings (SSSR count). The number of hydrogen-bond acceptors (Lipinski definition) is 4. The van der Waals surface area contributed by atoms with Crippen molar-refractivity contribution in [2.24, 2.45) is 0 Å². The van der Waals surface area contributed by atoms with Crippen LogP contribution in [0, 0.1) is 0 Å². The van der Waals surface area contributed by atoms with Gasteiger partial charge in [-0.05, 0) is 46.7 Å². The number of alkyl carbamates (subject to hydrolysis) is 1. The first-order valence-electron chi connectivity index (χ1n) is 6.23. The maximum Gasteiger partial charge on any atom is 0.407 e. The van der Waals surface area contributed by atoms with Crippen LogP contribution in [0.2, 0.25) is 0 Å². The lowest BCUT2D eigenvalue weighted by atomic mass is 10.2. The molecule has 1 unspecified atom stereocenters. The zero-order valence-electron chi connectivity index (χ0n) is 11.0. The van der Waals surface area contributed by atoms with Gasteiger partial charge in [0.25, 0.3) is 0 Å². The molecule has 0 aromatic rings. The van der Waals surface area contributed by atoms with Crippen molar-refractivity contribution < 1.29 is 14.6 Å². The molecule has 1 saturated heterocycles. The van der Waals surface area contributed by atoms with Crippen LogP contribution in [-0.2, 0) is 4.74 Å². The van der Waals surface area contributed by atoms with Crippen molar-refractivity contribution in [3.63, 3.8) is 0 Å². The molecule has 5 nitrogen and oxygen atoms in total. The summed E-state index contributed by atoms with van der Waals surface area (Å²) < 4.78 is 5.15. The number of aliphatic hydroxyl groups excluding tert-OH is 1. The molecule has 1 aliphatic rings. The summed E-state index contributed by atoms with van der Waals surface area (Å²) in [6.07, 6.45) is 1.94. The Morgan fingerprint density at radius 2 is 2.00 bits per heavy atom. The lowest BCUT2D eigenvalue weighted by Gasteiger charge is -2.25. The molecule has 0 aromatic carbocycles. The van der Waals surface area contributed by atoms with Crippen LogP contribution in [0.15, 0.2) is 0 Å². The standard InChI is InChI=1S/C12H24N2O3/c1-12(2,3)17-11(16)13-10(9-15)8-14-6-4-5-7-14/h10,15H,4-9H2,1-3H3,(H,13,16). The van der Waals surface area contributed by atoms with Crippen LogP contribution in [0.25, 0.3) is 0 Å². The Balaban J connectivity index is 2.32. The van der Waals surface area contributed by atoms with Crippen molar-refractivity contribution in [3.05, 3.63) is 0 Å². The van der Waals surface area contributed by atoms with Crippen LogP contribution in [0.1, 0.15) is 33.6 Å². The summed E-state index contributed by atoms with van der Waals surface area (Å²) in [5, 5.41) is 11.9. The minimum Gasteiger partial charge on any atom is -0.444 e. The summed E-state index contributed by atoms with van der Waals surface area (Å²) >= 11 is 0. The van der Waals surface area contributed by atoms with E-state index >= 15 is 0 Å². The van der Waals surface area contributed by atoms with E-state index in [4.69, 9.17) is 4.74 Å². The second kappa shape index (κ2) is 6.21. The largest absolute Gasteiger partial charge is 0.444 e. The molecule has 100 valence electrons. The Bertz CT molecular complexity index is 245. The maximum atomic E-state index is 11.5. The van der Waals surface area contributed by atoms with Crippen molar-refractivity contribution in [2.75, 3.05) is 26.2 Å². The van der Waals surface area contributed by atoms with E-state index in [2.05, 4.69) is 10.2 Å². The van der Waals surface area contributed by atoms with E-state index in [0.29, 0.717) is 6.54 Å². The SMILES string of the molecule is CC(C)(C)OC(=O)NC(CO)CN1CCCC1.